The molecule has 0 amide bonds. The number of nitrogens with one attached hydrogen (secondary N) is 1. The van der Waals surface area contributed by atoms with Gasteiger partial charge in [0, 0.05) is 6.54 Å². The second-order valence-electron chi connectivity index (χ2n) is 6.42. The van der Waals surface area contributed by atoms with Crippen LogP contribution in [0.25, 0.3) is 0 Å². The van der Waals surface area contributed by atoms with E-state index in [0.717, 1.165) is 18.7 Å². The van der Waals surface area contributed by atoms with Crippen LogP contribution in [0, 0.1) is 0 Å². The quantitative estimate of drug-likeness (QED) is 0.365. The van der Waals surface area contributed by atoms with Gasteiger partial charge in [-0.05, 0) is 30.2 Å². The Morgan fingerprint density at radius 2 is 2.04 bits per heavy atom. The molecule has 0 aliphatic heterocycles. The molecular formula is C21H25N4O2+. The second-order valence-corrected chi connectivity index (χ2v) is 6.42. The minimum Gasteiger partial charge on any atom is -0.458 e. The van der Waals surface area contributed by atoms with Gasteiger partial charge in [0.1, 0.15) is 25.5 Å². The molecule has 0 spiro atoms. The Morgan fingerprint density at radius 3 is 2.74 bits per heavy atom. The number of carbonyl (C=O) groups is 1. The maximum atomic E-state index is 12.2. The Labute approximate surface area is 159 Å². The Morgan fingerprint density at radius 1 is 1.22 bits per heavy atom. The van der Waals surface area contributed by atoms with Gasteiger partial charge in [-0.1, -0.05) is 30.3 Å². The minimum absolute atomic E-state index is 0.310. The molecule has 3 aromatic rings. The van der Waals surface area contributed by atoms with E-state index in [-0.39, 0.29) is 5.97 Å². The third kappa shape index (κ3) is 5.34. The van der Waals surface area contributed by atoms with Crippen LogP contribution in [0.15, 0.2) is 67.3 Å². The first kappa shape index (κ1) is 18.5. The summed E-state index contributed by atoms with van der Waals surface area (Å²) in [6.45, 7) is 1.69. The number of carbonyl (C=O) groups excluding carboxylic acids is 1. The maximum Gasteiger partial charge on any atom is 0.338 e. The number of aryl methyl sites for hydroxylation is 1. The molecule has 0 unspecified atom stereocenters. The molecule has 1 aromatic heterocycles. The van der Waals surface area contributed by atoms with Gasteiger partial charge in [0.05, 0.1) is 24.0 Å². The van der Waals surface area contributed by atoms with Crippen molar-refractivity contribution >= 4 is 17.3 Å². The largest absolute Gasteiger partial charge is 0.458 e. The van der Waals surface area contributed by atoms with Crippen molar-refractivity contribution in [2.24, 2.45) is 7.05 Å². The molecule has 0 fully saturated rings. The fraction of sp³-hybridized carbons (Fsp3) is 0.238. The number of esters is 1. The summed E-state index contributed by atoms with van der Waals surface area (Å²) in [6.07, 6.45) is 6.71. The first-order valence-corrected chi connectivity index (χ1v) is 8.97. The molecular weight excluding hydrogens is 340 g/mol. The van der Waals surface area contributed by atoms with Crippen molar-refractivity contribution in [2.75, 3.05) is 24.2 Å². The summed E-state index contributed by atoms with van der Waals surface area (Å²) in [5.41, 5.74) is 9.16. The predicted octanol–water partition coefficient (Wildman–Crippen LogP) is 2.41. The molecule has 2 aromatic carbocycles. The van der Waals surface area contributed by atoms with Gasteiger partial charge in [-0.25, -0.2) is 13.9 Å². The topological polar surface area (TPSA) is 73.2 Å². The molecule has 27 heavy (non-hydrogen) atoms. The number of ether oxygens (including phenoxy) is 1. The highest BCUT2D eigenvalue weighted by atomic mass is 16.5. The molecule has 3 N–H and O–H groups in total. The predicted molar refractivity (Wildman–Crippen MR) is 105 cm³/mol. The van der Waals surface area contributed by atoms with Gasteiger partial charge in [0.2, 0.25) is 6.33 Å². The summed E-state index contributed by atoms with van der Waals surface area (Å²) in [5.74, 6) is -0.367. The highest BCUT2D eigenvalue weighted by Crippen LogP contribution is 2.20. The number of nitrogens with two attached hydrogens (primary N) is 1. The Balaban J connectivity index is 1.48. The van der Waals surface area contributed by atoms with Crippen LogP contribution in [0.2, 0.25) is 0 Å². The normalized spacial score (nSPS) is 10.6. The molecule has 3 rings (SSSR count). The van der Waals surface area contributed by atoms with Crippen LogP contribution in [0.3, 0.4) is 0 Å². The van der Waals surface area contributed by atoms with Gasteiger partial charge >= 0.3 is 5.97 Å². The second kappa shape index (κ2) is 8.89. The first-order chi connectivity index (χ1) is 13.1. The monoisotopic (exact) mass is 365 g/mol. The van der Waals surface area contributed by atoms with Gasteiger partial charge in [-0.15, -0.1) is 0 Å². The van der Waals surface area contributed by atoms with E-state index >= 15 is 0 Å². The molecule has 6 nitrogen and oxygen atoms in total. The van der Waals surface area contributed by atoms with E-state index in [1.54, 1.807) is 12.1 Å². The van der Waals surface area contributed by atoms with E-state index in [4.69, 9.17) is 10.5 Å². The van der Waals surface area contributed by atoms with E-state index in [0.29, 0.717) is 24.4 Å². The van der Waals surface area contributed by atoms with Crippen molar-refractivity contribution in [3.8, 4) is 0 Å². The Kier molecular flexibility index (Phi) is 6.10. The van der Waals surface area contributed by atoms with Gasteiger partial charge in [-0.2, -0.15) is 0 Å². The van der Waals surface area contributed by atoms with Crippen molar-refractivity contribution < 1.29 is 14.1 Å². The molecule has 140 valence electrons. The number of imidazole rings is 1. The Hall–Kier alpha value is -3.28. The lowest BCUT2D eigenvalue weighted by molar-refractivity contribution is -0.671. The summed E-state index contributed by atoms with van der Waals surface area (Å²) in [4.78, 5) is 12.2. The Bertz CT molecular complexity index is 890. The molecule has 0 saturated carbocycles. The number of anilines is 2. The fourth-order valence-electron chi connectivity index (χ4n) is 2.80. The highest BCUT2D eigenvalue weighted by molar-refractivity contribution is 5.91. The van der Waals surface area contributed by atoms with Crippen LogP contribution in [0.1, 0.15) is 15.9 Å². The molecule has 0 aliphatic rings. The zero-order valence-electron chi connectivity index (χ0n) is 15.5. The van der Waals surface area contributed by atoms with E-state index in [9.17, 15) is 4.79 Å². The van der Waals surface area contributed by atoms with E-state index in [1.807, 2.05) is 59.2 Å². The van der Waals surface area contributed by atoms with Crippen molar-refractivity contribution in [3.63, 3.8) is 0 Å². The first-order valence-electron chi connectivity index (χ1n) is 8.97. The number of benzene rings is 2. The lowest BCUT2D eigenvalue weighted by Crippen LogP contribution is -2.24. The molecule has 6 heteroatoms. The summed E-state index contributed by atoms with van der Waals surface area (Å²) in [5, 5.41) is 3.31. The molecule has 1 heterocycles. The van der Waals surface area contributed by atoms with E-state index in [1.165, 1.54) is 5.56 Å². The van der Waals surface area contributed by atoms with Crippen LogP contribution in [-0.2, 0) is 24.8 Å². The van der Waals surface area contributed by atoms with Crippen LogP contribution >= 0.6 is 0 Å². The summed E-state index contributed by atoms with van der Waals surface area (Å²) in [7, 11) is 1.95. The molecule has 0 saturated heterocycles. The molecule has 0 radical (unpaired) electrons. The summed E-state index contributed by atoms with van der Waals surface area (Å²) >= 11 is 0. The molecule has 0 atom stereocenters. The number of rotatable bonds is 8. The third-order valence-electron chi connectivity index (χ3n) is 4.27. The zero-order valence-corrected chi connectivity index (χ0v) is 15.5. The van der Waals surface area contributed by atoms with Crippen molar-refractivity contribution in [1.82, 2.24) is 4.57 Å². The van der Waals surface area contributed by atoms with Gasteiger partial charge in [0.15, 0.2) is 0 Å². The van der Waals surface area contributed by atoms with Crippen molar-refractivity contribution in [2.45, 2.75) is 13.0 Å². The van der Waals surface area contributed by atoms with Crippen LogP contribution < -0.4 is 15.6 Å². The third-order valence-corrected chi connectivity index (χ3v) is 4.27. The maximum absolute atomic E-state index is 12.2. The van der Waals surface area contributed by atoms with Crippen LogP contribution in [0.5, 0.6) is 0 Å². The summed E-state index contributed by atoms with van der Waals surface area (Å²) < 4.78 is 9.23. The zero-order chi connectivity index (χ0) is 19.1. The number of nitrogen functional groups attached to an aromatic ring is 1. The standard InChI is InChI=1S/C21H24N4O2/c1-24-11-12-25(16-24)13-14-27-21(26)18-7-8-20(19(22)15-18)23-10-9-17-5-3-2-4-6-17/h2-8,11-12,15-16H,9-10,13-14,22H2,1H3/p+1. The number of hydrogen-bond acceptors (Lipinski definition) is 4. The average Bonchev–Trinajstić information content (AvgIpc) is 3.09. The lowest BCUT2D eigenvalue weighted by Gasteiger charge is -2.11. The van der Waals surface area contributed by atoms with Gasteiger partial charge in [0.25, 0.3) is 0 Å². The van der Waals surface area contributed by atoms with Gasteiger partial charge < -0.3 is 15.8 Å². The highest BCUT2D eigenvalue weighted by Gasteiger charge is 2.10. The lowest BCUT2D eigenvalue weighted by atomic mass is 10.1. The SMILES string of the molecule is C[n+]1ccn(CCOC(=O)c2ccc(NCCc3ccccc3)c(N)c2)c1. The fourth-order valence-corrected chi connectivity index (χ4v) is 2.80. The molecule has 0 aliphatic carbocycles. The number of nitrogens with zero attached hydrogens (tertiary/aromatic N) is 2. The van der Waals surface area contributed by atoms with Crippen molar-refractivity contribution in [3.05, 3.63) is 78.4 Å². The van der Waals surface area contributed by atoms with E-state index in [2.05, 4.69) is 17.4 Å². The van der Waals surface area contributed by atoms with E-state index < -0.39 is 0 Å². The van der Waals surface area contributed by atoms with Crippen molar-refractivity contribution in [1.29, 1.82) is 0 Å². The van der Waals surface area contributed by atoms with Crippen LogP contribution in [0.4, 0.5) is 11.4 Å². The van der Waals surface area contributed by atoms with Gasteiger partial charge in [-0.3, -0.25) is 0 Å². The summed E-state index contributed by atoms with van der Waals surface area (Å²) in [6, 6.07) is 15.5. The van der Waals surface area contributed by atoms with Crippen LogP contribution in [-0.4, -0.2) is 23.7 Å². The number of aromatic nitrogens is 2. The smallest absolute Gasteiger partial charge is 0.338 e. The number of hydrogen-bond donors (Lipinski definition) is 2. The molecule has 0 bridgehead atoms. The average molecular weight is 365 g/mol. The minimum atomic E-state index is -0.367.